The number of hydrogen-bond acceptors (Lipinski definition) is 4. The maximum absolute atomic E-state index is 12.1. The molecule has 0 aromatic heterocycles. The molecule has 1 aromatic carbocycles. The van der Waals surface area contributed by atoms with Gasteiger partial charge in [0.05, 0.1) is 13.2 Å². The van der Waals surface area contributed by atoms with Crippen LogP contribution in [0.4, 0.5) is 0 Å². The van der Waals surface area contributed by atoms with Crippen molar-refractivity contribution in [3.05, 3.63) is 28.2 Å². The van der Waals surface area contributed by atoms with Gasteiger partial charge in [-0.1, -0.05) is 15.9 Å². The topological polar surface area (TPSA) is 59.6 Å². The summed E-state index contributed by atoms with van der Waals surface area (Å²) in [7, 11) is 1.37. The van der Waals surface area contributed by atoms with Gasteiger partial charge in [-0.3, -0.25) is 4.79 Å². The van der Waals surface area contributed by atoms with E-state index in [0.717, 1.165) is 15.8 Å². The summed E-state index contributed by atoms with van der Waals surface area (Å²) < 4.78 is 11.8. The molecule has 2 bridgehead atoms. The van der Waals surface area contributed by atoms with Crippen LogP contribution in [0.5, 0.6) is 5.75 Å². The van der Waals surface area contributed by atoms with Gasteiger partial charge in [-0.2, -0.15) is 0 Å². The van der Waals surface area contributed by atoms with Crippen molar-refractivity contribution in [3.8, 4) is 5.75 Å². The van der Waals surface area contributed by atoms with Crippen molar-refractivity contribution in [2.45, 2.75) is 18.7 Å². The van der Waals surface area contributed by atoms with Crippen molar-refractivity contribution in [2.24, 2.45) is 5.92 Å². The van der Waals surface area contributed by atoms with E-state index >= 15 is 0 Å². The predicted octanol–water partition coefficient (Wildman–Crippen LogP) is 1.87. The van der Waals surface area contributed by atoms with Crippen LogP contribution in [0.2, 0.25) is 0 Å². The maximum Gasteiger partial charge on any atom is 0.317 e. The van der Waals surface area contributed by atoms with Crippen LogP contribution < -0.4 is 15.4 Å². The van der Waals surface area contributed by atoms with Gasteiger partial charge >= 0.3 is 5.97 Å². The predicted molar refractivity (Wildman–Crippen MR) is 80.3 cm³/mol. The van der Waals surface area contributed by atoms with Gasteiger partial charge in [-0.25, -0.2) is 0 Å². The standard InChI is InChI=1S/C13H13BrN2O3S/c1-13-9(11(17)18-2)10(15-12(20)16-13)7-5-6(14)3-4-8(7)19-13/h3-5,9-10H,1-2H3,(H2,15,16,20)/t9?,10-,13+/m1/s1. The van der Waals surface area contributed by atoms with Crippen molar-refractivity contribution in [1.29, 1.82) is 0 Å². The molecule has 3 atom stereocenters. The van der Waals surface area contributed by atoms with Crippen LogP contribution in [0.1, 0.15) is 18.5 Å². The van der Waals surface area contributed by atoms with Gasteiger partial charge in [-0.05, 0) is 37.3 Å². The minimum Gasteiger partial charge on any atom is -0.469 e. The number of hydrogen-bond donors (Lipinski definition) is 2. The number of rotatable bonds is 1. The molecule has 106 valence electrons. The molecule has 7 heteroatoms. The van der Waals surface area contributed by atoms with E-state index in [1.165, 1.54) is 7.11 Å². The number of carbonyl (C=O) groups excluding carboxylic acids is 1. The van der Waals surface area contributed by atoms with Gasteiger partial charge in [0, 0.05) is 10.0 Å². The summed E-state index contributed by atoms with van der Waals surface area (Å²) in [5.41, 5.74) is -0.0305. The quantitative estimate of drug-likeness (QED) is 0.591. The van der Waals surface area contributed by atoms with E-state index < -0.39 is 11.6 Å². The fraction of sp³-hybridized carbons (Fsp3) is 0.385. The summed E-state index contributed by atoms with van der Waals surface area (Å²) >= 11 is 8.64. The second-order valence-corrected chi connectivity index (χ2v) is 6.29. The van der Waals surface area contributed by atoms with Crippen molar-refractivity contribution >= 4 is 39.2 Å². The zero-order valence-corrected chi connectivity index (χ0v) is 13.3. The lowest BCUT2D eigenvalue weighted by atomic mass is 9.80. The molecule has 2 aliphatic heterocycles. The fourth-order valence-electron chi connectivity index (χ4n) is 2.80. The number of ether oxygens (including phenoxy) is 2. The van der Waals surface area contributed by atoms with Gasteiger partial charge in [0.2, 0.25) is 0 Å². The Kier molecular flexibility index (Phi) is 3.13. The van der Waals surface area contributed by atoms with Crippen LogP contribution in [0.25, 0.3) is 0 Å². The normalized spacial score (nSPS) is 30.4. The van der Waals surface area contributed by atoms with Crippen LogP contribution in [-0.4, -0.2) is 23.9 Å². The average Bonchev–Trinajstić information content (AvgIpc) is 2.38. The largest absolute Gasteiger partial charge is 0.469 e. The first kappa shape index (κ1) is 13.6. The van der Waals surface area contributed by atoms with Crippen molar-refractivity contribution < 1.29 is 14.3 Å². The van der Waals surface area contributed by atoms with Crippen LogP contribution in [-0.2, 0) is 9.53 Å². The molecule has 0 spiro atoms. The minimum absolute atomic E-state index is 0.276. The Balaban J connectivity index is 2.16. The molecule has 20 heavy (non-hydrogen) atoms. The summed E-state index contributed by atoms with van der Waals surface area (Å²) in [5, 5.41) is 6.63. The number of carbonyl (C=O) groups is 1. The SMILES string of the molecule is COC(=O)C1[C@@H]2NC(=S)N[C@@]1(C)Oc1ccc(Br)cc12. The first-order valence-electron chi connectivity index (χ1n) is 6.09. The number of halogens is 1. The first-order valence-corrected chi connectivity index (χ1v) is 7.30. The zero-order chi connectivity index (χ0) is 14.5. The highest BCUT2D eigenvalue weighted by molar-refractivity contribution is 9.10. The molecule has 2 heterocycles. The molecule has 3 rings (SSSR count). The molecule has 0 amide bonds. The van der Waals surface area contributed by atoms with Crippen LogP contribution >= 0.6 is 28.1 Å². The van der Waals surface area contributed by atoms with E-state index in [0.29, 0.717) is 5.11 Å². The molecule has 1 saturated heterocycles. The molecule has 0 saturated carbocycles. The molecular formula is C13H13BrN2O3S. The molecular weight excluding hydrogens is 344 g/mol. The smallest absolute Gasteiger partial charge is 0.317 e. The van der Waals surface area contributed by atoms with Gasteiger partial charge in [0.15, 0.2) is 10.8 Å². The summed E-state index contributed by atoms with van der Waals surface area (Å²) in [6, 6.07) is 5.42. The monoisotopic (exact) mass is 356 g/mol. The van der Waals surface area contributed by atoms with Gasteiger partial charge < -0.3 is 20.1 Å². The Morgan fingerprint density at radius 3 is 3.00 bits per heavy atom. The Morgan fingerprint density at radius 1 is 1.55 bits per heavy atom. The van der Waals surface area contributed by atoms with Crippen molar-refractivity contribution in [3.63, 3.8) is 0 Å². The molecule has 2 aliphatic rings. The van der Waals surface area contributed by atoms with Crippen LogP contribution in [0.15, 0.2) is 22.7 Å². The summed E-state index contributed by atoms with van der Waals surface area (Å²) in [4.78, 5) is 12.1. The average molecular weight is 357 g/mol. The van der Waals surface area contributed by atoms with Crippen LogP contribution in [0.3, 0.4) is 0 Å². The lowest BCUT2D eigenvalue weighted by Gasteiger charge is -2.50. The second-order valence-electron chi connectivity index (χ2n) is 4.97. The molecule has 0 aliphatic carbocycles. The molecule has 5 nitrogen and oxygen atoms in total. The minimum atomic E-state index is -0.916. The third-order valence-electron chi connectivity index (χ3n) is 3.66. The number of benzene rings is 1. The fourth-order valence-corrected chi connectivity index (χ4v) is 3.51. The van der Waals surface area contributed by atoms with E-state index in [1.54, 1.807) is 6.92 Å². The summed E-state index contributed by atoms with van der Waals surface area (Å²) in [6.45, 7) is 1.81. The number of fused-ring (bicyclic) bond motifs is 4. The lowest BCUT2D eigenvalue weighted by molar-refractivity contribution is -0.159. The number of thiocarbonyl (C=S) groups is 1. The number of methoxy groups -OCH3 is 1. The van der Waals surface area contributed by atoms with Gasteiger partial charge in [0.25, 0.3) is 0 Å². The van der Waals surface area contributed by atoms with E-state index in [-0.39, 0.29) is 12.0 Å². The lowest BCUT2D eigenvalue weighted by Crippen LogP contribution is -2.69. The summed E-state index contributed by atoms with van der Waals surface area (Å²) in [6.07, 6.45) is 0. The third-order valence-corrected chi connectivity index (χ3v) is 4.37. The Morgan fingerprint density at radius 2 is 2.30 bits per heavy atom. The Bertz CT molecular complexity index is 609. The highest BCUT2D eigenvalue weighted by Gasteiger charge is 2.55. The van der Waals surface area contributed by atoms with Gasteiger partial charge in [0.1, 0.15) is 11.7 Å². The van der Waals surface area contributed by atoms with E-state index in [9.17, 15) is 4.79 Å². The third kappa shape index (κ3) is 1.96. The molecule has 1 fully saturated rings. The molecule has 2 N–H and O–H groups in total. The molecule has 0 radical (unpaired) electrons. The molecule has 1 unspecified atom stereocenters. The van der Waals surface area contributed by atoms with Crippen molar-refractivity contribution in [2.75, 3.05) is 7.11 Å². The van der Waals surface area contributed by atoms with Crippen LogP contribution in [0, 0.1) is 5.92 Å². The summed E-state index contributed by atoms with van der Waals surface area (Å²) in [5.74, 6) is -0.144. The van der Waals surface area contributed by atoms with E-state index in [4.69, 9.17) is 21.7 Å². The maximum atomic E-state index is 12.1. The Hall–Kier alpha value is -1.34. The number of nitrogens with one attached hydrogen (secondary N) is 2. The highest BCUT2D eigenvalue weighted by atomic mass is 79.9. The number of esters is 1. The second kappa shape index (κ2) is 4.60. The first-order chi connectivity index (χ1) is 9.44. The van der Waals surface area contributed by atoms with E-state index in [1.807, 2.05) is 18.2 Å². The van der Waals surface area contributed by atoms with Gasteiger partial charge in [-0.15, -0.1) is 0 Å². The molecule has 1 aromatic rings. The van der Waals surface area contributed by atoms with E-state index in [2.05, 4.69) is 26.6 Å². The highest BCUT2D eigenvalue weighted by Crippen LogP contribution is 2.45. The van der Waals surface area contributed by atoms with Crippen molar-refractivity contribution in [1.82, 2.24) is 10.6 Å². The Labute approximate surface area is 130 Å². The zero-order valence-electron chi connectivity index (χ0n) is 10.9.